The van der Waals surface area contributed by atoms with Gasteiger partial charge in [0.05, 0.1) is 19.3 Å². The Morgan fingerprint density at radius 1 is 1.24 bits per heavy atom. The van der Waals surface area contributed by atoms with Gasteiger partial charge in [0.2, 0.25) is 0 Å². The number of nitrogens with two attached hydrogens (primary N) is 1. The third-order valence-corrected chi connectivity index (χ3v) is 2.73. The highest BCUT2D eigenvalue weighted by atomic mass is 16.6. The maximum atomic E-state index is 9.68. The Labute approximate surface area is 101 Å². The van der Waals surface area contributed by atoms with Gasteiger partial charge in [0.15, 0.2) is 6.29 Å². The van der Waals surface area contributed by atoms with E-state index < -0.39 is 30.6 Å². The number of hydrogen-bond donors (Lipinski definition) is 4. The molecule has 1 fully saturated rings. The Morgan fingerprint density at radius 2 is 1.88 bits per heavy atom. The molecule has 0 radical (unpaired) electrons. The fourth-order valence-corrected chi connectivity index (χ4v) is 1.55. The predicted molar refractivity (Wildman–Crippen MR) is 60.2 cm³/mol. The zero-order valence-corrected chi connectivity index (χ0v) is 10.2. The first-order valence-corrected chi connectivity index (χ1v) is 5.61. The van der Waals surface area contributed by atoms with Crippen LogP contribution in [0.25, 0.3) is 0 Å². The highest BCUT2D eigenvalue weighted by molar-refractivity contribution is 4.90. The van der Waals surface area contributed by atoms with E-state index in [4.69, 9.17) is 15.2 Å². The molecule has 0 aromatic carbocycles. The molecule has 1 saturated heterocycles. The van der Waals surface area contributed by atoms with Crippen LogP contribution >= 0.6 is 0 Å². The first kappa shape index (κ1) is 14.8. The third kappa shape index (κ3) is 4.14. The summed E-state index contributed by atoms with van der Waals surface area (Å²) >= 11 is 0. The molecule has 0 saturated carbocycles. The van der Waals surface area contributed by atoms with E-state index in [1.165, 1.54) is 0 Å². The Kier molecular flexibility index (Phi) is 5.74. The summed E-state index contributed by atoms with van der Waals surface area (Å²) < 4.78 is 10.4. The zero-order chi connectivity index (χ0) is 13.0. The van der Waals surface area contributed by atoms with Gasteiger partial charge >= 0.3 is 0 Å². The minimum atomic E-state index is -1.28. The highest BCUT2D eigenvalue weighted by Crippen LogP contribution is 2.18. The van der Waals surface area contributed by atoms with E-state index in [0.717, 1.165) is 6.54 Å². The summed E-state index contributed by atoms with van der Waals surface area (Å²) in [5, 5.41) is 28.6. The van der Waals surface area contributed by atoms with E-state index in [1.54, 1.807) is 0 Å². The first-order chi connectivity index (χ1) is 7.93. The fourth-order valence-electron chi connectivity index (χ4n) is 1.55. The van der Waals surface area contributed by atoms with Crippen molar-refractivity contribution in [1.82, 2.24) is 4.90 Å². The van der Waals surface area contributed by atoms with Gasteiger partial charge in [-0.2, -0.15) is 0 Å². The lowest BCUT2D eigenvalue weighted by Gasteiger charge is -2.38. The van der Waals surface area contributed by atoms with Gasteiger partial charge in [0.1, 0.15) is 18.3 Å². The second kappa shape index (κ2) is 6.60. The quantitative estimate of drug-likeness (QED) is 0.394. The van der Waals surface area contributed by atoms with Gasteiger partial charge in [-0.1, -0.05) is 0 Å². The van der Waals surface area contributed by atoms with Gasteiger partial charge in [-0.3, -0.25) is 0 Å². The zero-order valence-electron chi connectivity index (χ0n) is 10.2. The number of rotatable bonds is 5. The highest BCUT2D eigenvalue weighted by Gasteiger charge is 2.41. The van der Waals surface area contributed by atoms with Crippen LogP contribution in [0.1, 0.15) is 0 Å². The minimum absolute atomic E-state index is 0.107. The van der Waals surface area contributed by atoms with Crippen molar-refractivity contribution in [2.75, 3.05) is 33.9 Å². The average molecular weight is 250 g/mol. The second-order valence-electron chi connectivity index (χ2n) is 4.50. The molecule has 0 unspecified atom stereocenters. The van der Waals surface area contributed by atoms with Crippen LogP contribution in [0.2, 0.25) is 0 Å². The van der Waals surface area contributed by atoms with E-state index >= 15 is 0 Å². The molecule has 102 valence electrons. The van der Waals surface area contributed by atoms with E-state index in [2.05, 4.69) is 0 Å². The van der Waals surface area contributed by atoms with Gasteiger partial charge < -0.3 is 35.4 Å². The molecule has 5 atom stereocenters. The summed E-state index contributed by atoms with van der Waals surface area (Å²) in [6.07, 6.45) is -4.40. The molecular weight excluding hydrogens is 228 g/mol. The van der Waals surface area contributed by atoms with E-state index in [1.807, 2.05) is 19.0 Å². The molecule has 0 bridgehead atoms. The van der Waals surface area contributed by atoms with Crippen molar-refractivity contribution in [2.45, 2.75) is 30.6 Å². The topological polar surface area (TPSA) is 108 Å². The SMILES string of the molecule is CN(C)CCOC[C@H]1O[C@@H](O)[C@H](N)[C@@H](O)[C@@H]1O. The molecule has 0 spiro atoms. The summed E-state index contributed by atoms with van der Waals surface area (Å²) in [7, 11) is 3.84. The normalized spacial score (nSPS) is 38.6. The molecule has 0 aromatic rings. The third-order valence-electron chi connectivity index (χ3n) is 2.73. The van der Waals surface area contributed by atoms with Crippen LogP contribution in [0.15, 0.2) is 0 Å². The monoisotopic (exact) mass is 250 g/mol. The van der Waals surface area contributed by atoms with Gasteiger partial charge in [-0.15, -0.1) is 0 Å². The van der Waals surface area contributed by atoms with Gasteiger partial charge in [-0.25, -0.2) is 0 Å². The van der Waals surface area contributed by atoms with Crippen molar-refractivity contribution in [2.24, 2.45) is 5.73 Å². The standard InChI is InChI=1S/C10H22N2O5/c1-12(2)3-4-16-5-6-8(13)9(14)7(11)10(15)17-6/h6-10,13-15H,3-5,11H2,1-2H3/t6-,7-,8-,9-,10-/m1/s1. The van der Waals surface area contributed by atoms with Crippen molar-refractivity contribution in [1.29, 1.82) is 0 Å². The molecule has 1 rings (SSSR count). The van der Waals surface area contributed by atoms with Crippen LogP contribution < -0.4 is 5.73 Å². The van der Waals surface area contributed by atoms with Gasteiger partial charge in [0, 0.05) is 6.54 Å². The van der Waals surface area contributed by atoms with Crippen molar-refractivity contribution in [3.63, 3.8) is 0 Å². The van der Waals surface area contributed by atoms with Gasteiger partial charge in [-0.05, 0) is 14.1 Å². The first-order valence-electron chi connectivity index (χ1n) is 5.61. The van der Waals surface area contributed by atoms with Crippen molar-refractivity contribution in [3.05, 3.63) is 0 Å². The van der Waals surface area contributed by atoms with Crippen LogP contribution in [-0.2, 0) is 9.47 Å². The van der Waals surface area contributed by atoms with Crippen LogP contribution in [-0.4, -0.2) is 84.7 Å². The Morgan fingerprint density at radius 3 is 2.47 bits per heavy atom. The summed E-state index contributed by atoms with van der Waals surface area (Å²) in [5.74, 6) is 0. The molecule has 1 heterocycles. The molecule has 0 amide bonds. The summed E-state index contributed by atoms with van der Waals surface area (Å²) in [6, 6.07) is -0.997. The Balaban J connectivity index is 2.33. The summed E-state index contributed by atoms with van der Waals surface area (Å²) in [4.78, 5) is 1.96. The van der Waals surface area contributed by atoms with Gasteiger partial charge in [0.25, 0.3) is 0 Å². The summed E-state index contributed by atoms with van der Waals surface area (Å²) in [6.45, 7) is 1.33. The molecular formula is C10H22N2O5. The lowest BCUT2D eigenvalue weighted by molar-refractivity contribution is -0.251. The molecule has 5 N–H and O–H groups in total. The molecule has 0 aliphatic carbocycles. The minimum Gasteiger partial charge on any atom is -0.388 e. The van der Waals surface area contributed by atoms with E-state index in [0.29, 0.717) is 6.61 Å². The number of ether oxygens (including phenoxy) is 2. The Hall–Kier alpha value is -0.280. The fraction of sp³-hybridized carbons (Fsp3) is 1.00. The largest absolute Gasteiger partial charge is 0.388 e. The average Bonchev–Trinajstić information content (AvgIpc) is 2.27. The van der Waals surface area contributed by atoms with Crippen molar-refractivity contribution >= 4 is 0 Å². The maximum Gasteiger partial charge on any atom is 0.173 e. The second-order valence-corrected chi connectivity index (χ2v) is 4.50. The maximum absolute atomic E-state index is 9.68. The molecule has 0 aromatic heterocycles. The van der Waals surface area contributed by atoms with E-state index in [9.17, 15) is 15.3 Å². The van der Waals surface area contributed by atoms with Crippen LogP contribution in [0.3, 0.4) is 0 Å². The van der Waals surface area contributed by atoms with Crippen molar-refractivity contribution < 1.29 is 24.8 Å². The molecule has 7 nitrogen and oxygen atoms in total. The number of hydrogen-bond acceptors (Lipinski definition) is 7. The number of likely N-dealkylation sites (N-methyl/N-ethyl adjacent to an activating group) is 1. The van der Waals surface area contributed by atoms with Crippen molar-refractivity contribution in [3.8, 4) is 0 Å². The molecule has 17 heavy (non-hydrogen) atoms. The van der Waals surface area contributed by atoms with Crippen LogP contribution in [0.4, 0.5) is 0 Å². The smallest absolute Gasteiger partial charge is 0.173 e. The Bertz CT molecular complexity index is 229. The lowest BCUT2D eigenvalue weighted by Crippen LogP contribution is -2.62. The molecule has 1 aliphatic rings. The lowest BCUT2D eigenvalue weighted by atomic mass is 9.98. The number of aliphatic hydroxyl groups excluding tert-OH is 3. The van der Waals surface area contributed by atoms with E-state index in [-0.39, 0.29) is 6.61 Å². The van der Waals surface area contributed by atoms with Crippen LogP contribution in [0.5, 0.6) is 0 Å². The predicted octanol–water partition coefficient (Wildman–Crippen LogP) is -2.67. The number of nitrogens with zero attached hydrogens (tertiary/aromatic N) is 1. The molecule has 7 heteroatoms. The van der Waals surface area contributed by atoms with Crippen LogP contribution in [0, 0.1) is 0 Å². The molecule has 1 aliphatic heterocycles. The summed E-state index contributed by atoms with van der Waals surface area (Å²) in [5.41, 5.74) is 5.44. The number of aliphatic hydroxyl groups is 3.